The Morgan fingerprint density at radius 2 is 2.24 bits per heavy atom. The lowest BCUT2D eigenvalue weighted by atomic mass is 10.1. The van der Waals surface area contributed by atoms with Gasteiger partial charge >= 0.3 is 0 Å². The molecule has 2 unspecified atom stereocenters. The summed E-state index contributed by atoms with van der Waals surface area (Å²) in [5.74, 6) is 6.11. The first-order valence-electron chi connectivity index (χ1n) is 7.08. The van der Waals surface area contributed by atoms with E-state index in [0.29, 0.717) is 17.9 Å². The van der Waals surface area contributed by atoms with Gasteiger partial charge in [-0.1, -0.05) is 18.8 Å². The summed E-state index contributed by atoms with van der Waals surface area (Å²) < 4.78 is 27.4. The molecule has 1 saturated carbocycles. The summed E-state index contributed by atoms with van der Waals surface area (Å²) in [7, 11) is -3.55. The fourth-order valence-corrected chi connectivity index (χ4v) is 3.73. The molecule has 2 atom stereocenters. The minimum absolute atomic E-state index is 0.00845. The molecule has 0 spiro atoms. The second kappa shape index (κ2) is 7.03. The molecule has 1 aliphatic carbocycles. The van der Waals surface area contributed by atoms with Gasteiger partial charge in [0.1, 0.15) is 4.90 Å². The predicted molar refractivity (Wildman–Crippen MR) is 79.9 cm³/mol. The number of aromatic nitrogens is 1. The second-order valence-electron chi connectivity index (χ2n) is 5.42. The van der Waals surface area contributed by atoms with E-state index in [1.807, 2.05) is 0 Å². The van der Waals surface area contributed by atoms with Crippen LogP contribution in [0.15, 0.2) is 23.4 Å². The van der Waals surface area contributed by atoms with E-state index in [-0.39, 0.29) is 17.5 Å². The van der Waals surface area contributed by atoms with Crippen LogP contribution in [0.3, 0.4) is 0 Å². The molecule has 21 heavy (non-hydrogen) atoms. The number of pyridine rings is 1. The Morgan fingerprint density at radius 3 is 2.90 bits per heavy atom. The zero-order chi connectivity index (χ0) is 15.3. The molecule has 6 heteroatoms. The lowest BCUT2D eigenvalue weighted by Crippen LogP contribution is -2.33. The summed E-state index contributed by atoms with van der Waals surface area (Å²) >= 11 is 0. The summed E-state index contributed by atoms with van der Waals surface area (Å²) in [4.78, 5) is 4.07. The van der Waals surface area contributed by atoms with Crippen molar-refractivity contribution in [3.8, 4) is 11.8 Å². The Morgan fingerprint density at radius 1 is 1.43 bits per heavy atom. The van der Waals surface area contributed by atoms with Gasteiger partial charge < -0.3 is 5.11 Å². The third-order valence-electron chi connectivity index (χ3n) is 3.51. The van der Waals surface area contributed by atoms with E-state index >= 15 is 0 Å². The molecule has 1 heterocycles. The minimum Gasteiger partial charge on any atom is -0.395 e. The fraction of sp³-hybridized carbons (Fsp3) is 0.533. The van der Waals surface area contributed by atoms with Crippen LogP contribution in [0.5, 0.6) is 0 Å². The molecule has 2 rings (SSSR count). The third kappa shape index (κ3) is 4.53. The molecule has 0 aliphatic heterocycles. The van der Waals surface area contributed by atoms with Crippen molar-refractivity contribution in [3.05, 3.63) is 24.0 Å². The molecule has 0 bridgehead atoms. The molecule has 1 aliphatic rings. The first-order chi connectivity index (χ1) is 10.0. The van der Waals surface area contributed by atoms with Crippen molar-refractivity contribution >= 4 is 10.0 Å². The summed E-state index contributed by atoms with van der Waals surface area (Å²) in [5.41, 5.74) is 0.533. The highest BCUT2D eigenvalue weighted by atomic mass is 32.2. The van der Waals surface area contributed by atoms with Crippen LogP contribution in [0.2, 0.25) is 0 Å². The van der Waals surface area contributed by atoms with Crippen molar-refractivity contribution in [2.75, 3.05) is 6.61 Å². The van der Waals surface area contributed by atoms with Crippen LogP contribution in [0.1, 0.15) is 38.2 Å². The van der Waals surface area contributed by atoms with E-state index in [2.05, 4.69) is 28.5 Å². The molecule has 1 aromatic rings. The molecule has 0 amide bonds. The van der Waals surface area contributed by atoms with E-state index in [1.54, 1.807) is 0 Å². The van der Waals surface area contributed by atoms with Gasteiger partial charge in [-0.3, -0.25) is 4.98 Å². The number of hydrogen-bond acceptors (Lipinski definition) is 4. The molecule has 0 radical (unpaired) electrons. The van der Waals surface area contributed by atoms with Crippen LogP contribution in [0.25, 0.3) is 0 Å². The van der Waals surface area contributed by atoms with Crippen molar-refractivity contribution in [1.29, 1.82) is 0 Å². The number of rotatable bonds is 4. The first kappa shape index (κ1) is 16.0. The number of aliphatic hydroxyl groups is 1. The number of sulfonamides is 1. The van der Waals surface area contributed by atoms with Gasteiger partial charge in [0, 0.05) is 30.4 Å². The molecule has 114 valence electrons. The normalized spacial score (nSPS) is 21.8. The van der Waals surface area contributed by atoms with Gasteiger partial charge in [0.2, 0.25) is 10.0 Å². The van der Waals surface area contributed by atoms with E-state index in [4.69, 9.17) is 5.11 Å². The van der Waals surface area contributed by atoms with Crippen LogP contribution >= 0.6 is 0 Å². The highest BCUT2D eigenvalue weighted by Gasteiger charge is 2.26. The van der Waals surface area contributed by atoms with Gasteiger partial charge in [0.05, 0.1) is 6.61 Å². The lowest BCUT2D eigenvalue weighted by molar-refractivity contribution is 0.305. The van der Waals surface area contributed by atoms with Crippen LogP contribution in [0, 0.1) is 17.8 Å². The number of aliphatic hydroxyl groups excluding tert-OH is 1. The van der Waals surface area contributed by atoms with Gasteiger partial charge in [0.15, 0.2) is 0 Å². The maximum Gasteiger partial charge on any atom is 0.242 e. The second-order valence-corrected chi connectivity index (χ2v) is 7.14. The lowest BCUT2D eigenvalue weighted by Gasteiger charge is -2.12. The molecule has 2 N–H and O–H groups in total. The Kier molecular flexibility index (Phi) is 5.34. The van der Waals surface area contributed by atoms with Crippen LogP contribution < -0.4 is 4.72 Å². The van der Waals surface area contributed by atoms with E-state index < -0.39 is 10.0 Å². The molecule has 1 aromatic heterocycles. The highest BCUT2D eigenvalue weighted by Crippen LogP contribution is 2.26. The van der Waals surface area contributed by atoms with Crippen molar-refractivity contribution in [2.24, 2.45) is 5.92 Å². The van der Waals surface area contributed by atoms with Gasteiger partial charge in [-0.15, -0.1) is 0 Å². The van der Waals surface area contributed by atoms with Crippen molar-refractivity contribution < 1.29 is 13.5 Å². The van der Waals surface area contributed by atoms with Crippen LogP contribution in [0.4, 0.5) is 0 Å². The Bertz CT molecular complexity index is 646. The Hall–Kier alpha value is -1.42. The summed E-state index contributed by atoms with van der Waals surface area (Å²) in [5, 5.41) is 8.68. The summed E-state index contributed by atoms with van der Waals surface area (Å²) in [6.45, 7) is 2.12. The number of hydrogen-bond donors (Lipinski definition) is 2. The maximum absolute atomic E-state index is 12.3. The van der Waals surface area contributed by atoms with Crippen LogP contribution in [-0.4, -0.2) is 31.2 Å². The van der Waals surface area contributed by atoms with Gasteiger partial charge in [-0.25, -0.2) is 13.1 Å². The van der Waals surface area contributed by atoms with Gasteiger partial charge in [-0.05, 0) is 31.2 Å². The van der Waals surface area contributed by atoms with Crippen molar-refractivity contribution in [1.82, 2.24) is 9.71 Å². The van der Waals surface area contributed by atoms with Crippen molar-refractivity contribution in [2.45, 2.75) is 43.5 Å². The molecule has 1 fully saturated rings. The predicted octanol–water partition coefficient (Wildman–Crippen LogP) is 1.28. The third-order valence-corrected chi connectivity index (χ3v) is 5.00. The summed E-state index contributed by atoms with van der Waals surface area (Å²) in [6, 6.07) is 1.52. The SMILES string of the molecule is CC1CCC(NS(=O)(=O)c2cncc(C#CCCO)c2)C1. The fourth-order valence-electron chi connectivity index (χ4n) is 2.46. The average molecular weight is 308 g/mol. The minimum atomic E-state index is -3.55. The first-order valence-corrected chi connectivity index (χ1v) is 8.56. The topological polar surface area (TPSA) is 79.3 Å². The Labute approximate surface area is 125 Å². The van der Waals surface area contributed by atoms with Crippen molar-refractivity contribution in [3.63, 3.8) is 0 Å². The van der Waals surface area contributed by atoms with E-state index in [0.717, 1.165) is 19.3 Å². The number of nitrogens with zero attached hydrogens (tertiary/aromatic N) is 1. The maximum atomic E-state index is 12.3. The molecule has 0 saturated heterocycles. The van der Waals surface area contributed by atoms with E-state index in [9.17, 15) is 8.42 Å². The average Bonchev–Trinajstić information content (AvgIpc) is 2.84. The van der Waals surface area contributed by atoms with Gasteiger partial charge in [0.25, 0.3) is 0 Å². The summed E-state index contributed by atoms with van der Waals surface area (Å²) in [6.07, 6.45) is 6.01. The monoisotopic (exact) mass is 308 g/mol. The number of nitrogens with one attached hydrogen (secondary N) is 1. The smallest absolute Gasteiger partial charge is 0.242 e. The van der Waals surface area contributed by atoms with E-state index in [1.165, 1.54) is 18.5 Å². The zero-order valence-corrected chi connectivity index (χ0v) is 12.9. The zero-order valence-electron chi connectivity index (χ0n) is 12.0. The Balaban J connectivity index is 2.13. The molecule has 0 aromatic carbocycles. The van der Waals surface area contributed by atoms with Crippen LogP contribution in [-0.2, 0) is 10.0 Å². The molecular formula is C15H20N2O3S. The quantitative estimate of drug-likeness (QED) is 0.821. The largest absolute Gasteiger partial charge is 0.395 e. The molecular weight excluding hydrogens is 288 g/mol. The highest BCUT2D eigenvalue weighted by molar-refractivity contribution is 7.89. The standard InChI is InChI=1S/C15H20N2O3S/c1-12-5-6-14(8-12)17-21(19,20)15-9-13(10-16-11-15)4-2-3-7-18/h9-12,14,17-18H,3,5-8H2,1H3. The van der Waals surface area contributed by atoms with Gasteiger partial charge in [-0.2, -0.15) is 0 Å². The molecule has 5 nitrogen and oxygen atoms in total.